The van der Waals surface area contributed by atoms with Gasteiger partial charge in [0.05, 0.1) is 0 Å². The molecule has 104 valence electrons. The number of hydrogen-bond acceptors (Lipinski definition) is 2. The Morgan fingerprint density at radius 3 is 2.37 bits per heavy atom. The quantitative estimate of drug-likeness (QED) is 0.838. The summed E-state index contributed by atoms with van der Waals surface area (Å²) in [5, 5.41) is 3.51. The summed E-state index contributed by atoms with van der Waals surface area (Å²) in [4.78, 5) is 0. The monoisotopic (exact) mass is 259 g/mol. The minimum atomic E-state index is 0.158. The Labute approximate surface area is 116 Å². The second-order valence-corrected chi connectivity index (χ2v) is 5.64. The maximum absolute atomic E-state index is 5.60. The molecule has 1 heterocycles. The van der Waals surface area contributed by atoms with Crippen LogP contribution in [0.4, 0.5) is 0 Å². The number of rotatable bonds is 4. The number of benzene rings is 1. The molecule has 2 rings (SSSR count). The summed E-state index contributed by atoms with van der Waals surface area (Å²) in [5.74, 6) is 0. The highest BCUT2D eigenvalue weighted by Crippen LogP contribution is 2.38. The molecule has 1 saturated heterocycles. The number of nitrogens with one attached hydrogen (secondary N) is 1. The van der Waals surface area contributed by atoms with E-state index in [0.29, 0.717) is 6.04 Å². The number of allylic oxidation sites excluding steroid dienone is 1. The molecule has 2 heteroatoms. The SMILES string of the molecule is CNC(C=C(C)C)C1(c2ccccc2)CCOCC1. The van der Waals surface area contributed by atoms with Gasteiger partial charge < -0.3 is 10.1 Å². The van der Waals surface area contributed by atoms with Crippen LogP contribution in [0.5, 0.6) is 0 Å². The summed E-state index contributed by atoms with van der Waals surface area (Å²) in [5.41, 5.74) is 2.95. The van der Waals surface area contributed by atoms with Crippen LogP contribution in [0.1, 0.15) is 32.3 Å². The average molecular weight is 259 g/mol. The number of hydrogen-bond donors (Lipinski definition) is 1. The lowest BCUT2D eigenvalue weighted by Gasteiger charge is -2.43. The summed E-state index contributed by atoms with van der Waals surface area (Å²) < 4.78 is 5.60. The van der Waals surface area contributed by atoms with Crippen molar-refractivity contribution in [2.75, 3.05) is 20.3 Å². The largest absolute Gasteiger partial charge is 0.381 e. The first-order valence-corrected chi connectivity index (χ1v) is 7.14. The van der Waals surface area contributed by atoms with Crippen molar-refractivity contribution in [1.82, 2.24) is 5.32 Å². The van der Waals surface area contributed by atoms with Crippen LogP contribution >= 0.6 is 0 Å². The molecule has 1 aliphatic rings. The third kappa shape index (κ3) is 3.07. The van der Waals surface area contributed by atoms with Crippen LogP contribution in [-0.2, 0) is 10.2 Å². The summed E-state index contributed by atoms with van der Waals surface area (Å²) in [6.45, 7) is 6.04. The Morgan fingerprint density at radius 1 is 1.21 bits per heavy atom. The minimum absolute atomic E-state index is 0.158. The van der Waals surface area contributed by atoms with Gasteiger partial charge in [0.15, 0.2) is 0 Å². The molecule has 0 spiro atoms. The third-order valence-electron chi connectivity index (χ3n) is 4.14. The maximum atomic E-state index is 5.60. The average Bonchev–Trinajstić information content (AvgIpc) is 2.46. The molecular weight excluding hydrogens is 234 g/mol. The highest BCUT2D eigenvalue weighted by atomic mass is 16.5. The zero-order chi connectivity index (χ0) is 13.7. The molecule has 1 aromatic carbocycles. The second kappa shape index (κ2) is 6.36. The predicted molar refractivity (Wildman–Crippen MR) is 80.5 cm³/mol. The molecule has 2 nitrogen and oxygen atoms in total. The van der Waals surface area contributed by atoms with Gasteiger partial charge in [-0.3, -0.25) is 0 Å². The highest BCUT2D eigenvalue weighted by Gasteiger charge is 2.40. The fourth-order valence-electron chi connectivity index (χ4n) is 3.14. The normalized spacial score (nSPS) is 19.7. The van der Waals surface area contributed by atoms with Crippen LogP contribution in [0.25, 0.3) is 0 Å². The lowest BCUT2D eigenvalue weighted by atomic mass is 9.68. The molecule has 1 aromatic rings. The van der Waals surface area contributed by atoms with Gasteiger partial charge in [-0.05, 0) is 39.3 Å². The Balaban J connectivity index is 2.42. The van der Waals surface area contributed by atoms with Gasteiger partial charge in [-0.1, -0.05) is 42.0 Å². The fourth-order valence-corrected chi connectivity index (χ4v) is 3.14. The standard InChI is InChI=1S/C17H25NO/c1-14(2)13-16(18-3)17(9-11-19-12-10-17)15-7-5-4-6-8-15/h4-8,13,16,18H,9-12H2,1-3H3. The molecular formula is C17H25NO. The van der Waals surface area contributed by atoms with Gasteiger partial charge in [0.2, 0.25) is 0 Å². The number of ether oxygens (including phenoxy) is 1. The van der Waals surface area contributed by atoms with E-state index in [1.54, 1.807) is 0 Å². The van der Waals surface area contributed by atoms with Gasteiger partial charge in [-0.15, -0.1) is 0 Å². The lowest BCUT2D eigenvalue weighted by molar-refractivity contribution is 0.0418. The van der Waals surface area contributed by atoms with Gasteiger partial charge in [-0.25, -0.2) is 0 Å². The van der Waals surface area contributed by atoms with Gasteiger partial charge in [0.1, 0.15) is 0 Å². The van der Waals surface area contributed by atoms with Crippen LogP contribution in [-0.4, -0.2) is 26.3 Å². The van der Waals surface area contributed by atoms with Crippen molar-refractivity contribution >= 4 is 0 Å². The molecule has 1 fully saturated rings. The highest BCUT2D eigenvalue weighted by molar-refractivity contribution is 5.31. The maximum Gasteiger partial charge on any atom is 0.0475 e. The summed E-state index contributed by atoms with van der Waals surface area (Å²) in [7, 11) is 2.06. The molecule has 1 unspecified atom stereocenters. The lowest BCUT2D eigenvalue weighted by Crippen LogP contribution is -2.49. The Morgan fingerprint density at radius 2 is 1.84 bits per heavy atom. The van der Waals surface area contributed by atoms with E-state index in [-0.39, 0.29) is 5.41 Å². The Hall–Kier alpha value is -1.12. The van der Waals surface area contributed by atoms with Crippen molar-refractivity contribution < 1.29 is 4.74 Å². The topological polar surface area (TPSA) is 21.3 Å². The van der Waals surface area contributed by atoms with E-state index in [9.17, 15) is 0 Å². The molecule has 1 aliphatic heterocycles. The fraction of sp³-hybridized carbons (Fsp3) is 0.529. The Bertz CT molecular complexity index is 414. The molecule has 0 amide bonds. The molecule has 19 heavy (non-hydrogen) atoms. The van der Waals surface area contributed by atoms with Crippen LogP contribution < -0.4 is 5.32 Å². The first kappa shape index (κ1) is 14.3. The molecule has 1 N–H and O–H groups in total. The summed E-state index contributed by atoms with van der Waals surface area (Å²) >= 11 is 0. The van der Waals surface area contributed by atoms with E-state index in [2.05, 4.69) is 62.6 Å². The van der Waals surface area contributed by atoms with Crippen LogP contribution in [0, 0.1) is 0 Å². The van der Waals surface area contributed by atoms with E-state index >= 15 is 0 Å². The van der Waals surface area contributed by atoms with E-state index in [4.69, 9.17) is 4.74 Å². The minimum Gasteiger partial charge on any atom is -0.381 e. The third-order valence-corrected chi connectivity index (χ3v) is 4.14. The van der Waals surface area contributed by atoms with Gasteiger partial charge >= 0.3 is 0 Å². The molecule has 1 atom stereocenters. The van der Waals surface area contributed by atoms with Crippen molar-refractivity contribution in [1.29, 1.82) is 0 Å². The molecule has 0 aliphatic carbocycles. The zero-order valence-corrected chi connectivity index (χ0v) is 12.3. The molecule has 0 bridgehead atoms. The molecule has 0 aromatic heterocycles. The number of likely N-dealkylation sites (N-methyl/N-ethyl adjacent to an activating group) is 1. The van der Waals surface area contributed by atoms with Crippen LogP contribution in [0.2, 0.25) is 0 Å². The van der Waals surface area contributed by atoms with Crippen molar-refractivity contribution in [3.8, 4) is 0 Å². The molecule has 0 saturated carbocycles. The molecule has 0 radical (unpaired) electrons. The summed E-state index contributed by atoms with van der Waals surface area (Å²) in [6, 6.07) is 11.3. The van der Waals surface area contributed by atoms with Crippen LogP contribution in [0.3, 0.4) is 0 Å². The van der Waals surface area contributed by atoms with E-state index in [0.717, 1.165) is 26.1 Å². The van der Waals surface area contributed by atoms with E-state index in [1.807, 2.05) is 0 Å². The first-order valence-electron chi connectivity index (χ1n) is 7.14. The van der Waals surface area contributed by atoms with E-state index in [1.165, 1.54) is 11.1 Å². The van der Waals surface area contributed by atoms with Crippen molar-refractivity contribution in [2.24, 2.45) is 0 Å². The Kier molecular flexibility index (Phi) is 4.78. The van der Waals surface area contributed by atoms with Gasteiger partial charge in [-0.2, -0.15) is 0 Å². The van der Waals surface area contributed by atoms with Gasteiger partial charge in [0, 0.05) is 24.7 Å². The second-order valence-electron chi connectivity index (χ2n) is 5.64. The first-order chi connectivity index (χ1) is 9.19. The van der Waals surface area contributed by atoms with Crippen molar-refractivity contribution in [3.05, 3.63) is 47.5 Å². The van der Waals surface area contributed by atoms with Crippen molar-refractivity contribution in [2.45, 2.75) is 38.1 Å². The van der Waals surface area contributed by atoms with Crippen LogP contribution in [0.15, 0.2) is 42.0 Å². The predicted octanol–water partition coefficient (Wildman–Crippen LogP) is 3.29. The van der Waals surface area contributed by atoms with Gasteiger partial charge in [0.25, 0.3) is 0 Å². The van der Waals surface area contributed by atoms with E-state index < -0.39 is 0 Å². The zero-order valence-electron chi connectivity index (χ0n) is 12.3. The summed E-state index contributed by atoms with van der Waals surface area (Å²) in [6.07, 6.45) is 4.51. The smallest absolute Gasteiger partial charge is 0.0475 e. The van der Waals surface area contributed by atoms with Crippen molar-refractivity contribution in [3.63, 3.8) is 0 Å².